The summed E-state index contributed by atoms with van der Waals surface area (Å²) in [6, 6.07) is 53.6. The fourth-order valence-electron chi connectivity index (χ4n) is 8.59. The average molecular weight is 642 g/mol. The summed E-state index contributed by atoms with van der Waals surface area (Å²) in [5.41, 5.74) is 16.6. The van der Waals surface area contributed by atoms with Crippen molar-refractivity contribution in [1.82, 2.24) is 4.98 Å². The third kappa shape index (κ3) is 4.01. The summed E-state index contributed by atoms with van der Waals surface area (Å²) < 4.78 is 11.3. The van der Waals surface area contributed by atoms with Crippen LogP contribution >= 0.6 is 0 Å². The topological polar surface area (TPSA) is 35.3 Å². The molecule has 2 aliphatic rings. The van der Waals surface area contributed by atoms with Gasteiger partial charge in [0.2, 0.25) is 5.89 Å². The Balaban J connectivity index is 1.30. The largest absolute Gasteiger partial charge is 0.497 e. The summed E-state index contributed by atoms with van der Waals surface area (Å²) in [6.07, 6.45) is 4.82. The molecule has 2 aliphatic carbocycles. The molecule has 0 fully saturated rings. The van der Waals surface area contributed by atoms with Crippen LogP contribution in [0.3, 0.4) is 0 Å². The van der Waals surface area contributed by atoms with Gasteiger partial charge in [-0.05, 0) is 113 Å². The molecule has 10 rings (SSSR count). The van der Waals surface area contributed by atoms with E-state index in [2.05, 4.69) is 157 Å². The van der Waals surface area contributed by atoms with Gasteiger partial charge in [-0.3, -0.25) is 0 Å². The minimum atomic E-state index is -0.504. The zero-order valence-electron chi connectivity index (χ0n) is 27.3. The molecule has 0 aliphatic heterocycles. The highest BCUT2D eigenvalue weighted by Crippen LogP contribution is 2.64. The third-order valence-corrected chi connectivity index (χ3v) is 10.6. The van der Waals surface area contributed by atoms with Crippen molar-refractivity contribution in [3.63, 3.8) is 0 Å². The molecule has 1 spiro atoms. The van der Waals surface area contributed by atoms with Crippen LogP contribution in [0.1, 0.15) is 27.8 Å². The van der Waals surface area contributed by atoms with E-state index in [1.165, 1.54) is 72.7 Å². The Labute approximate surface area is 290 Å². The van der Waals surface area contributed by atoms with Crippen LogP contribution in [-0.2, 0) is 16.8 Å². The van der Waals surface area contributed by atoms with E-state index < -0.39 is 5.41 Å². The van der Waals surface area contributed by atoms with E-state index in [9.17, 15) is 0 Å². The lowest BCUT2D eigenvalue weighted by atomic mass is 9.69. The van der Waals surface area contributed by atoms with Gasteiger partial charge in [-0.25, -0.2) is 4.98 Å². The number of hydrogen-bond acceptors (Lipinski definition) is 3. The summed E-state index contributed by atoms with van der Waals surface area (Å²) in [5.74, 6) is 0.618. The molecule has 3 heteroatoms. The molecule has 236 valence electrons. The second-order valence-electron chi connectivity index (χ2n) is 13.1. The van der Waals surface area contributed by atoms with Gasteiger partial charge in [0.1, 0.15) is 12.9 Å². The molecule has 7 aromatic carbocycles. The quantitative estimate of drug-likeness (QED) is 0.170. The number of hydrogen-bond donors (Lipinski definition) is 0. The van der Waals surface area contributed by atoms with Crippen LogP contribution in [0, 0.1) is 0 Å². The number of oxazole rings is 1. The minimum absolute atomic E-state index is 0.490. The van der Waals surface area contributed by atoms with Gasteiger partial charge in [0.05, 0.1) is 17.9 Å². The molecule has 0 radical (unpaired) electrons. The van der Waals surface area contributed by atoms with Gasteiger partial charge >= 0.3 is 0 Å². The van der Waals surface area contributed by atoms with Crippen LogP contribution in [0.25, 0.3) is 66.7 Å². The molecular weight excluding hydrogens is 611 g/mol. The van der Waals surface area contributed by atoms with E-state index in [1.54, 1.807) is 12.5 Å². The third-order valence-electron chi connectivity index (χ3n) is 10.6. The SMILES string of the molecule is C=COCc1cccc(-c2ccc3c(c2)C2(c4ccccc4-c4ccccc42)c2cc(-c4cccc(-c5ncco5)c4)c4ccccc4c2-3)c1. The summed E-state index contributed by atoms with van der Waals surface area (Å²) in [7, 11) is 0. The number of rotatable bonds is 6. The van der Waals surface area contributed by atoms with Gasteiger partial charge in [0, 0.05) is 5.56 Å². The first-order chi connectivity index (χ1) is 24.8. The highest BCUT2D eigenvalue weighted by Gasteiger charge is 2.52. The van der Waals surface area contributed by atoms with Crippen molar-refractivity contribution in [1.29, 1.82) is 0 Å². The summed E-state index contributed by atoms with van der Waals surface area (Å²) >= 11 is 0. The molecule has 0 saturated carbocycles. The summed E-state index contributed by atoms with van der Waals surface area (Å²) in [5, 5.41) is 2.47. The van der Waals surface area contributed by atoms with Crippen LogP contribution in [0.4, 0.5) is 0 Å². The molecule has 0 bridgehead atoms. The fourth-order valence-corrected chi connectivity index (χ4v) is 8.59. The van der Waals surface area contributed by atoms with E-state index in [4.69, 9.17) is 9.15 Å². The normalized spacial score (nSPS) is 13.1. The van der Waals surface area contributed by atoms with E-state index in [1.807, 2.05) is 0 Å². The van der Waals surface area contributed by atoms with Crippen LogP contribution in [0.2, 0.25) is 0 Å². The smallest absolute Gasteiger partial charge is 0.225 e. The first-order valence-corrected chi connectivity index (χ1v) is 17.0. The standard InChI is InChI=1S/C47H31NO2/c1-2-49-29-30-11-9-12-31(25-30)32-21-22-39-43(27-32)47(41-19-7-5-16-36(41)37-17-6-8-20-42(37)47)44-28-40(35-15-3-4-18-38(35)45(39)44)33-13-10-14-34(26-33)46-48-23-24-50-46/h2-28H,1,29H2. The van der Waals surface area contributed by atoms with E-state index in [0.29, 0.717) is 12.5 Å². The first-order valence-electron chi connectivity index (χ1n) is 17.0. The highest BCUT2D eigenvalue weighted by molar-refractivity contribution is 6.11. The van der Waals surface area contributed by atoms with Crippen molar-refractivity contribution in [2.45, 2.75) is 12.0 Å². The molecule has 1 aromatic heterocycles. The molecule has 0 unspecified atom stereocenters. The number of ether oxygens (including phenoxy) is 1. The number of aromatic nitrogens is 1. The molecule has 1 heterocycles. The maximum absolute atomic E-state index is 5.72. The second-order valence-corrected chi connectivity index (χ2v) is 13.1. The molecule has 8 aromatic rings. The molecule has 50 heavy (non-hydrogen) atoms. The Hall–Kier alpha value is -6.45. The molecule has 0 N–H and O–H groups in total. The predicted octanol–water partition coefficient (Wildman–Crippen LogP) is 11.8. The van der Waals surface area contributed by atoms with Crippen LogP contribution in [0.15, 0.2) is 175 Å². The van der Waals surface area contributed by atoms with E-state index in [0.717, 1.165) is 22.3 Å². The Bertz CT molecular complexity index is 2580. The van der Waals surface area contributed by atoms with Crippen molar-refractivity contribution in [3.05, 3.63) is 199 Å². The lowest BCUT2D eigenvalue weighted by Gasteiger charge is -2.31. The Morgan fingerprint density at radius 1 is 0.560 bits per heavy atom. The van der Waals surface area contributed by atoms with Gasteiger partial charge in [-0.2, -0.15) is 0 Å². The van der Waals surface area contributed by atoms with Crippen molar-refractivity contribution >= 4 is 10.8 Å². The maximum atomic E-state index is 5.72. The highest BCUT2D eigenvalue weighted by atomic mass is 16.5. The Morgan fingerprint density at radius 2 is 1.26 bits per heavy atom. The van der Waals surface area contributed by atoms with E-state index in [-0.39, 0.29) is 0 Å². The summed E-state index contributed by atoms with van der Waals surface area (Å²) in [4.78, 5) is 4.45. The second kappa shape index (κ2) is 11.0. The molecular formula is C47H31NO2. The van der Waals surface area contributed by atoms with Gasteiger partial charge in [-0.1, -0.05) is 122 Å². The minimum Gasteiger partial charge on any atom is -0.497 e. The van der Waals surface area contributed by atoms with Crippen molar-refractivity contribution < 1.29 is 9.15 Å². The first kappa shape index (κ1) is 28.6. The number of nitrogens with zero attached hydrogens (tertiary/aromatic N) is 1. The molecule has 0 atom stereocenters. The van der Waals surface area contributed by atoms with Crippen molar-refractivity contribution in [2.24, 2.45) is 0 Å². The van der Waals surface area contributed by atoms with Crippen molar-refractivity contribution in [3.8, 4) is 56.0 Å². The lowest BCUT2D eigenvalue weighted by Crippen LogP contribution is -2.26. The number of benzene rings is 7. The lowest BCUT2D eigenvalue weighted by molar-refractivity contribution is 0.238. The van der Waals surface area contributed by atoms with E-state index >= 15 is 0 Å². The fraction of sp³-hybridized carbons (Fsp3) is 0.0426. The molecule has 0 amide bonds. The Kier molecular flexibility index (Phi) is 6.31. The molecule has 3 nitrogen and oxygen atoms in total. The number of fused-ring (bicyclic) bond motifs is 12. The predicted molar refractivity (Wildman–Crippen MR) is 202 cm³/mol. The van der Waals surface area contributed by atoms with Gasteiger partial charge in [0.15, 0.2) is 0 Å². The van der Waals surface area contributed by atoms with Crippen LogP contribution in [0.5, 0.6) is 0 Å². The van der Waals surface area contributed by atoms with Crippen LogP contribution in [-0.4, -0.2) is 4.98 Å². The summed E-state index contributed by atoms with van der Waals surface area (Å²) in [6.45, 7) is 4.22. The molecule has 0 saturated heterocycles. The monoisotopic (exact) mass is 641 g/mol. The maximum Gasteiger partial charge on any atom is 0.225 e. The van der Waals surface area contributed by atoms with Gasteiger partial charge < -0.3 is 9.15 Å². The van der Waals surface area contributed by atoms with Gasteiger partial charge in [-0.15, -0.1) is 0 Å². The van der Waals surface area contributed by atoms with Gasteiger partial charge in [0.25, 0.3) is 0 Å². The van der Waals surface area contributed by atoms with Crippen LogP contribution < -0.4 is 0 Å². The average Bonchev–Trinajstić information content (AvgIpc) is 3.90. The Morgan fingerprint density at radius 3 is 2.04 bits per heavy atom. The van der Waals surface area contributed by atoms with Crippen molar-refractivity contribution in [2.75, 3.05) is 0 Å². The zero-order chi connectivity index (χ0) is 33.2. The zero-order valence-corrected chi connectivity index (χ0v) is 27.3.